The normalized spacial score (nSPS) is 11.4. The molecule has 0 aliphatic rings. The van der Waals surface area contributed by atoms with Crippen LogP contribution >= 0.6 is 0 Å². The predicted octanol–water partition coefficient (Wildman–Crippen LogP) is 2.30. The van der Waals surface area contributed by atoms with Crippen molar-refractivity contribution in [3.63, 3.8) is 0 Å². The zero-order valence-electron chi connectivity index (χ0n) is 13.1. The Bertz CT molecular complexity index is 469. The van der Waals surface area contributed by atoms with E-state index in [0.29, 0.717) is 12.1 Å². The number of hydrogen-bond acceptors (Lipinski definition) is 3. The molecule has 0 aromatic heterocycles. The summed E-state index contributed by atoms with van der Waals surface area (Å²) in [4.78, 5) is 13.6. The van der Waals surface area contributed by atoms with Gasteiger partial charge in [-0.05, 0) is 49.1 Å². The summed E-state index contributed by atoms with van der Waals surface area (Å²) in [6.07, 6.45) is 1.07. The van der Waals surface area contributed by atoms with E-state index < -0.39 is 0 Å². The second kappa shape index (κ2) is 6.75. The van der Waals surface area contributed by atoms with Crippen molar-refractivity contribution < 1.29 is 4.79 Å². The molecule has 112 valence electrons. The van der Waals surface area contributed by atoms with Gasteiger partial charge in [-0.2, -0.15) is 0 Å². The molecule has 0 saturated heterocycles. The maximum absolute atomic E-state index is 11.3. The monoisotopic (exact) mass is 277 g/mol. The fourth-order valence-electron chi connectivity index (χ4n) is 2.27. The Morgan fingerprint density at radius 1 is 1.35 bits per heavy atom. The molecular weight excluding hydrogens is 250 g/mol. The Labute approximate surface area is 122 Å². The maximum atomic E-state index is 11.3. The lowest BCUT2D eigenvalue weighted by molar-refractivity contribution is 0.0999. The van der Waals surface area contributed by atoms with Gasteiger partial charge in [-0.15, -0.1) is 0 Å². The van der Waals surface area contributed by atoms with Gasteiger partial charge in [0.25, 0.3) is 0 Å². The molecule has 0 radical (unpaired) electrons. The van der Waals surface area contributed by atoms with Gasteiger partial charge in [-0.1, -0.05) is 20.8 Å². The molecule has 0 fully saturated rings. The number of hydrogen-bond donors (Lipinski definition) is 2. The highest BCUT2D eigenvalue weighted by Crippen LogP contribution is 2.24. The fraction of sp³-hybridized carbons (Fsp3) is 0.562. The molecule has 0 aliphatic carbocycles. The third kappa shape index (κ3) is 4.23. The average molecular weight is 277 g/mol. The first-order chi connectivity index (χ1) is 9.30. The predicted molar refractivity (Wildman–Crippen MR) is 85.0 cm³/mol. The highest BCUT2D eigenvalue weighted by Gasteiger charge is 2.20. The first-order valence-corrected chi connectivity index (χ1v) is 7.16. The molecule has 0 unspecified atom stereocenters. The van der Waals surface area contributed by atoms with E-state index in [4.69, 9.17) is 11.5 Å². The van der Waals surface area contributed by atoms with Crippen LogP contribution in [0.2, 0.25) is 0 Å². The molecule has 0 saturated carbocycles. The van der Waals surface area contributed by atoms with Gasteiger partial charge in [0.2, 0.25) is 5.91 Å². The average Bonchev–Trinajstić information content (AvgIpc) is 2.37. The molecule has 0 heterocycles. The van der Waals surface area contributed by atoms with E-state index in [1.807, 2.05) is 25.1 Å². The van der Waals surface area contributed by atoms with Gasteiger partial charge >= 0.3 is 0 Å². The summed E-state index contributed by atoms with van der Waals surface area (Å²) in [6, 6.07) is 5.81. The van der Waals surface area contributed by atoms with Crippen molar-refractivity contribution in [2.75, 3.05) is 24.5 Å². The van der Waals surface area contributed by atoms with Crippen LogP contribution in [0.25, 0.3) is 0 Å². The maximum Gasteiger partial charge on any atom is 0.248 e. The molecule has 0 atom stereocenters. The third-order valence-electron chi connectivity index (χ3n) is 3.51. The molecular formula is C16H27N3O. The molecule has 0 bridgehead atoms. The van der Waals surface area contributed by atoms with Gasteiger partial charge in [0, 0.05) is 24.3 Å². The Hall–Kier alpha value is -1.55. The van der Waals surface area contributed by atoms with E-state index in [1.54, 1.807) is 0 Å². The zero-order chi connectivity index (χ0) is 15.3. The van der Waals surface area contributed by atoms with Crippen molar-refractivity contribution in [2.24, 2.45) is 16.9 Å². The molecule has 0 spiro atoms. The second-order valence-corrected chi connectivity index (χ2v) is 6.15. The number of primary amides is 1. The SMILES string of the molecule is CCCN(CC(C)(C)CN)c1ccc(C(N)=O)c(C)c1. The molecule has 1 amide bonds. The van der Waals surface area contributed by atoms with Crippen molar-refractivity contribution in [1.82, 2.24) is 0 Å². The van der Waals surface area contributed by atoms with Crippen molar-refractivity contribution in [1.29, 1.82) is 0 Å². The molecule has 4 nitrogen and oxygen atoms in total. The summed E-state index contributed by atoms with van der Waals surface area (Å²) in [5.74, 6) is -0.377. The summed E-state index contributed by atoms with van der Waals surface area (Å²) < 4.78 is 0. The molecule has 1 rings (SSSR count). The topological polar surface area (TPSA) is 72.3 Å². The minimum absolute atomic E-state index is 0.0609. The smallest absolute Gasteiger partial charge is 0.248 e. The van der Waals surface area contributed by atoms with Crippen LogP contribution in [-0.2, 0) is 0 Å². The van der Waals surface area contributed by atoms with Gasteiger partial charge in [0.15, 0.2) is 0 Å². The van der Waals surface area contributed by atoms with Crippen LogP contribution in [0.1, 0.15) is 43.1 Å². The number of nitrogens with zero attached hydrogens (tertiary/aromatic N) is 1. The van der Waals surface area contributed by atoms with E-state index in [-0.39, 0.29) is 11.3 Å². The van der Waals surface area contributed by atoms with E-state index >= 15 is 0 Å². The lowest BCUT2D eigenvalue weighted by Gasteiger charge is -2.33. The minimum Gasteiger partial charge on any atom is -0.371 e. The summed E-state index contributed by atoms with van der Waals surface area (Å²) in [6.45, 7) is 10.9. The lowest BCUT2D eigenvalue weighted by Crippen LogP contribution is -2.39. The van der Waals surface area contributed by atoms with Crippen LogP contribution in [0, 0.1) is 12.3 Å². The molecule has 1 aromatic carbocycles. The molecule has 1 aromatic rings. The van der Waals surface area contributed by atoms with E-state index in [2.05, 4.69) is 25.7 Å². The first-order valence-electron chi connectivity index (χ1n) is 7.16. The van der Waals surface area contributed by atoms with Crippen molar-refractivity contribution in [2.45, 2.75) is 34.1 Å². The standard InChI is InChI=1S/C16H27N3O/c1-5-8-19(11-16(3,4)10-17)13-6-7-14(15(18)20)12(2)9-13/h6-7,9H,5,8,10-11,17H2,1-4H3,(H2,18,20). The van der Waals surface area contributed by atoms with Crippen LogP contribution in [0.4, 0.5) is 5.69 Å². The number of nitrogens with two attached hydrogens (primary N) is 2. The van der Waals surface area contributed by atoms with Crippen LogP contribution in [0.5, 0.6) is 0 Å². The number of aryl methyl sites for hydroxylation is 1. The number of amides is 1. The Kier molecular flexibility index (Phi) is 5.57. The van der Waals surface area contributed by atoms with Gasteiger partial charge in [-0.3, -0.25) is 4.79 Å². The Balaban J connectivity index is 3.03. The van der Waals surface area contributed by atoms with E-state index in [1.165, 1.54) is 0 Å². The largest absolute Gasteiger partial charge is 0.371 e. The minimum atomic E-state index is -0.377. The summed E-state index contributed by atoms with van der Waals surface area (Å²) in [7, 11) is 0. The molecule has 20 heavy (non-hydrogen) atoms. The highest BCUT2D eigenvalue weighted by molar-refractivity contribution is 5.94. The molecule has 4 N–H and O–H groups in total. The zero-order valence-corrected chi connectivity index (χ0v) is 13.1. The molecule has 0 aliphatic heterocycles. The van der Waals surface area contributed by atoms with Crippen LogP contribution in [0.3, 0.4) is 0 Å². The summed E-state index contributed by atoms with van der Waals surface area (Å²) in [5, 5.41) is 0. The quantitative estimate of drug-likeness (QED) is 0.803. The third-order valence-corrected chi connectivity index (χ3v) is 3.51. The Morgan fingerprint density at radius 3 is 2.45 bits per heavy atom. The second-order valence-electron chi connectivity index (χ2n) is 6.15. The number of carbonyl (C=O) groups is 1. The van der Waals surface area contributed by atoms with Gasteiger partial charge in [-0.25, -0.2) is 0 Å². The van der Waals surface area contributed by atoms with Crippen LogP contribution in [-0.4, -0.2) is 25.5 Å². The van der Waals surface area contributed by atoms with Crippen molar-refractivity contribution in [3.8, 4) is 0 Å². The molecule has 4 heteroatoms. The van der Waals surface area contributed by atoms with Crippen LogP contribution < -0.4 is 16.4 Å². The first kappa shape index (κ1) is 16.5. The van der Waals surface area contributed by atoms with Crippen molar-refractivity contribution >= 4 is 11.6 Å². The number of benzene rings is 1. The summed E-state index contributed by atoms with van der Waals surface area (Å²) in [5.41, 5.74) is 13.9. The van der Waals surface area contributed by atoms with E-state index in [9.17, 15) is 4.79 Å². The van der Waals surface area contributed by atoms with Crippen molar-refractivity contribution in [3.05, 3.63) is 29.3 Å². The fourth-order valence-corrected chi connectivity index (χ4v) is 2.27. The Morgan fingerprint density at radius 2 is 2.00 bits per heavy atom. The van der Waals surface area contributed by atoms with Gasteiger partial charge in [0.05, 0.1) is 0 Å². The highest BCUT2D eigenvalue weighted by atomic mass is 16.1. The summed E-state index contributed by atoms with van der Waals surface area (Å²) >= 11 is 0. The van der Waals surface area contributed by atoms with Gasteiger partial charge in [0.1, 0.15) is 0 Å². The van der Waals surface area contributed by atoms with E-state index in [0.717, 1.165) is 30.8 Å². The number of anilines is 1. The number of carbonyl (C=O) groups excluding carboxylic acids is 1. The number of rotatable bonds is 7. The van der Waals surface area contributed by atoms with Crippen LogP contribution in [0.15, 0.2) is 18.2 Å². The van der Waals surface area contributed by atoms with Gasteiger partial charge < -0.3 is 16.4 Å². The lowest BCUT2D eigenvalue weighted by atomic mass is 9.92.